The molecule has 0 unspecified atom stereocenters. The van der Waals surface area contributed by atoms with Gasteiger partial charge in [-0.15, -0.1) is 0 Å². The molecular weight excluding hydrogens is 181 g/mol. The molecule has 0 aliphatic carbocycles. The smallest absolute Gasteiger partial charge is 0.249 e. The van der Waals surface area contributed by atoms with E-state index >= 15 is 0 Å². The number of hydrogen-bond acceptors (Lipinski definition) is 1. The predicted octanol–water partition coefficient (Wildman–Crippen LogP) is 2.19. The fourth-order valence-electron chi connectivity index (χ4n) is 1.45. The molecule has 0 saturated heterocycles. The quantitative estimate of drug-likeness (QED) is 0.789. The molecule has 1 aromatic carbocycles. The molecule has 2 N–H and O–H groups in total. The van der Waals surface area contributed by atoms with Gasteiger partial charge < -0.3 is 5.73 Å². The van der Waals surface area contributed by atoms with Crippen molar-refractivity contribution in [3.63, 3.8) is 0 Å². The SMILES string of the molecule is CCCc1cc(C)c(F)cc1C(N)=O. The summed E-state index contributed by atoms with van der Waals surface area (Å²) in [5.74, 6) is -0.939. The first-order valence-corrected chi connectivity index (χ1v) is 4.65. The van der Waals surface area contributed by atoms with Crippen LogP contribution in [0.25, 0.3) is 0 Å². The van der Waals surface area contributed by atoms with Gasteiger partial charge in [0.1, 0.15) is 5.82 Å². The van der Waals surface area contributed by atoms with Gasteiger partial charge in [0.15, 0.2) is 0 Å². The summed E-state index contributed by atoms with van der Waals surface area (Å²) in [5.41, 5.74) is 6.85. The number of halogens is 1. The van der Waals surface area contributed by atoms with Gasteiger partial charge in [-0.05, 0) is 30.5 Å². The molecule has 0 radical (unpaired) electrons. The van der Waals surface area contributed by atoms with Gasteiger partial charge in [0.2, 0.25) is 5.91 Å². The van der Waals surface area contributed by atoms with E-state index in [1.54, 1.807) is 13.0 Å². The van der Waals surface area contributed by atoms with Gasteiger partial charge in [-0.25, -0.2) is 4.39 Å². The zero-order chi connectivity index (χ0) is 10.7. The number of amides is 1. The normalized spacial score (nSPS) is 10.2. The van der Waals surface area contributed by atoms with Crippen LogP contribution >= 0.6 is 0 Å². The standard InChI is InChI=1S/C11H14FNO/c1-3-4-8-5-7(2)10(12)6-9(8)11(13)14/h5-6H,3-4H2,1-2H3,(H2,13,14). The number of carbonyl (C=O) groups excluding carboxylic acids is 1. The number of aryl methyl sites for hydroxylation is 2. The molecule has 0 heterocycles. The molecule has 1 aromatic rings. The second-order valence-corrected chi connectivity index (χ2v) is 3.37. The van der Waals surface area contributed by atoms with Crippen LogP contribution in [0.15, 0.2) is 12.1 Å². The Balaban J connectivity index is 3.24. The van der Waals surface area contributed by atoms with Crippen LogP contribution in [0.2, 0.25) is 0 Å². The van der Waals surface area contributed by atoms with Crippen molar-refractivity contribution in [2.24, 2.45) is 5.73 Å². The van der Waals surface area contributed by atoms with Gasteiger partial charge in [-0.1, -0.05) is 19.4 Å². The van der Waals surface area contributed by atoms with Crippen LogP contribution in [0.1, 0.15) is 34.8 Å². The lowest BCUT2D eigenvalue weighted by Gasteiger charge is -2.07. The molecule has 1 rings (SSSR count). The minimum atomic E-state index is -0.563. The topological polar surface area (TPSA) is 43.1 Å². The van der Waals surface area contributed by atoms with Crippen LogP contribution in [0, 0.1) is 12.7 Å². The minimum absolute atomic E-state index is 0.301. The Morgan fingerprint density at radius 1 is 1.50 bits per heavy atom. The van der Waals surface area contributed by atoms with Crippen LogP contribution in [0.5, 0.6) is 0 Å². The van der Waals surface area contributed by atoms with Crippen LogP contribution in [-0.2, 0) is 6.42 Å². The van der Waals surface area contributed by atoms with Crippen molar-refractivity contribution < 1.29 is 9.18 Å². The molecule has 0 saturated carbocycles. The summed E-state index contributed by atoms with van der Waals surface area (Å²) in [5, 5.41) is 0. The van der Waals surface area contributed by atoms with Crippen LogP contribution in [0.3, 0.4) is 0 Å². The second kappa shape index (κ2) is 4.22. The number of benzene rings is 1. The van der Waals surface area contributed by atoms with Crippen molar-refractivity contribution in [2.45, 2.75) is 26.7 Å². The highest BCUT2D eigenvalue weighted by Gasteiger charge is 2.10. The van der Waals surface area contributed by atoms with Gasteiger partial charge in [0.25, 0.3) is 0 Å². The molecule has 0 atom stereocenters. The summed E-state index contributed by atoms with van der Waals surface area (Å²) >= 11 is 0. The van der Waals surface area contributed by atoms with Crippen molar-refractivity contribution >= 4 is 5.91 Å². The zero-order valence-corrected chi connectivity index (χ0v) is 8.43. The molecule has 0 aromatic heterocycles. The second-order valence-electron chi connectivity index (χ2n) is 3.37. The molecule has 0 bridgehead atoms. The Labute approximate surface area is 82.9 Å². The lowest BCUT2D eigenvalue weighted by molar-refractivity contribution is 0.0999. The average molecular weight is 195 g/mol. The summed E-state index contributed by atoms with van der Waals surface area (Å²) in [6, 6.07) is 2.92. The molecule has 76 valence electrons. The molecule has 0 spiro atoms. The molecule has 3 heteroatoms. The van der Waals surface area contributed by atoms with Gasteiger partial charge in [0.05, 0.1) is 0 Å². The highest BCUT2D eigenvalue weighted by Crippen LogP contribution is 2.16. The molecule has 1 amide bonds. The first-order chi connectivity index (χ1) is 6.56. The van der Waals surface area contributed by atoms with Crippen molar-refractivity contribution in [3.05, 3.63) is 34.6 Å². The van der Waals surface area contributed by atoms with Crippen LogP contribution in [-0.4, -0.2) is 5.91 Å². The Morgan fingerprint density at radius 3 is 2.64 bits per heavy atom. The van der Waals surface area contributed by atoms with E-state index in [1.807, 2.05) is 6.92 Å². The maximum atomic E-state index is 13.2. The fourth-order valence-corrected chi connectivity index (χ4v) is 1.45. The van der Waals surface area contributed by atoms with E-state index < -0.39 is 5.91 Å². The third-order valence-corrected chi connectivity index (χ3v) is 2.17. The number of rotatable bonds is 3. The monoisotopic (exact) mass is 195 g/mol. The Kier molecular flexibility index (Phi) is 3.23. The molecular formula is C11H14FNO. The fraction of sp³-hybridized carbons (Fsp3) is 0.364. The van der Waals surface area contributed by atoms with Gasteiger partial charge in [-0.3, -0.25) is 4.79 Å². The summed E-state index contributed by atoms with van der Waals surface area (Å²) in [4.78, 5) is 11.0. The van der Waals surface area contributed by atoms with Crippen molar-refractivity contribution in [1.29, 1.82) is 0 Å². The minimum Gasteiger partial charge on any atom is -0.366 e. The highest BCUT2D eigenvalue weighted by atomic mass is 19.1. The zero-order valence-electron chi connectivity index (χ0n) is 8.43. The molecule has 14 heavy (non-hydrogen) atoms. The molecule has 0 fully saturated rings. The summed E-state index contributed by atoms with van der Waals surface area (Å²) in [7, 11) is 0. The highest BCUT2D eigenvalue weighted by molar-refractivity contribution is 5.94. The van der Waals surface area contributed by atoms with Crippen LogP contribution in [0.4, 0.5) is 4.39 Å². The molecule has 0 aliphatic heterocycles. The number of carbonyl (C=O) groups is 1. The van der Waals surface area contributed by atoms with E-state index in [4.69, 9.17) is 5.73 Å². The number of primary amides is 1. The summed E-state index contributed by atoms with van der Waals surface area (Å²) in [6.45, 7) is 3.68. The molecule has 0 aliphatic rings. The molecule has 2 nitrogen and oxygen atoms in total. The number of nitrogens with two attached hydrogens (primary N) is 1. The number of hydrogen-bond donors (Lipinski definition) is 1. The average Bonchev–Trinajstić information content (AvgIpc) is 2.11. The Morgan fingerprint density at radius 2 is 2.14 bits per heavy atom. The largest absolute Gasteiger partial charge is 0.366 e. The first kappa shape index (κ1) is 10.7. The van der Waals surface area contributed by atoms with Crippen molar-refractivity contribution in [2.75, 3.05) is 0 Å². The third kappa shape index (κ3) is 2.10. The predicted molar refractivity (Wildman–Crippen MR) is 53.6 cm³/mol. The Hall–Kier alpha value is -1.38. The maximum Gasteiger partial charge on any atom is 0.249 e. The summed E-state index contributed by atoms with van der Waals surface area (Å²) in [6.07, 6.45) is 1.66. The lowest BCUT2D eigenvalue weighted by Crippen LogP contribution is -2.14. The van der Waals surface area contributed by atoms with Crippen molar-refractivity contribution in [1.82, 2.24) is 0 Å². The van der Waals surface area contributed by atoms with Gasteiger partial charge in [0, 0.05) is 5.56 Å². The van der Waals surface area contributed by atoms with E-state index in [1.165, 1.54) is 6.07 Å². The van der Waals surface area contributed by atoms with Gasteiger partial charge in [-0.2, -0.15) is 0 Å². The van der Waals surface area contributed by atoms with E-state index in [9.17, 15) is 9.18 Å². The lowest BCUT2D eigenvalue weighted by atomic mass is 10.00. The maximum absolute atomic E-state index is 13.2. The first-order valence-electron chi connectivity index (χ1n) is 4.65. The van der Waals surface area contributed by atoms with E-state index in [-0.39, 0.29) is 5.82 Å². The van der Waals surface area contributed by atoms with E-state index in [0.29, 0.717) is 11.1 Å². The van der Waals surface area contributed by atoms with Gasteiger partial charge >= 0.3 is 0 Å². The third-order valence-electron chi connectivity index (χ3n) is 2.17. The Bertz CT molecular complexity index is 361. The van der Waals surface area contributed by atoms with Crippen molar-refractivity contribution in [3.8, 4) is 0 Å². The van der Waals surface area contributed by atoms with Crippen LogP contribution < -0.4 is 5.73 Å². The van der Waals surface area contributed by atoms with E-state index in [0.717, 1.165) is 18.4 Å². The summed E-state index contributed by atoms with van der Waals surface area (Å²) < 4.78 is 13.2. The van der Waals surface area contributed by atoms with E-state index in [2.05, 4.69) is 0 Å².